The average molecular weight is 438 g/mol. The van der Waals surface area contributed by atoms with Crippen molar-refractivity contribution in [1.29, 1.82) is 0 Å². The second kappa shape index (κ2) is 9.31. The third-order valence-electron chi connectivity index (χ3n) is 5.53. The van der Waals surface area contributed by atoms with E-state index < -0.39 is 5.60 Å². The first-order chi connectivity index (χ1) is 15.0. The average Bonchev–Trinajstić information content (AvgIpc) is 2.76. The van der Waals surface area contributed by atoms with E-state index in [1.54, 1.807) is 0 Å². The lowest BCUT2D eigenvalue weighted by Gasteiger charge is -2.44. The monoisotopic (exact) mass is 437 g/mol. The summed E-state index contributed by atoms with van der Waals surface area (Å²) in [5, 5.41) is 3.90. The van der Waals surface area contributed by atoms with Crippen molar-refractivity contribution in [2.75, 3.05) is 12.4 Å². The molecule has 0 bridgehead atoms. The second-order valence-corrected chi connectivity index (χ2v) is 8.72. The van der Waals surface area contributed by atoms with Gasteiger partial charge in [0.15, 0.2) is 0 Å². The highest BCUT2D eigenvalue weighted by atomic mass is 35.5. The first-order valence-corrected chi connectivity index (χ1v) is 10.9. The van der Waals surface area contributed by atoms with Crippen LogP contribution >= 0.6 is 11.6 Å². The molecule has 0 fully saturated rings. The van der Waals surface area contributed by atoms with Crippen LogP contribution in [0.2, 0.25) is 5.02 Å². The van der Waals surface area contributed by atoms with Crippen molar-refractivity contribution in [1.82, 2.24) is 0 Å². The summed E-state index contributed by atoms with van der Waals surface area (Å²) in [7, 11) is 1.91. The molecule has 3 aromatic carbocycles. The number of hydrogen-bond donors (Lipinski definition) is 1. The van der Waals surface area contributed by atoms with Crippen LogP contribution in [0.5, 0.6) is 5.75 Å². The van der Waals surface area contributed by atoms with Crippen molar-refractivity contribution >= 4 is 17.3 Å². The summed E-state index contributed by atoms with van der Waals surface area (Å²) in [6, 6.07) is 24.0. The molecule has 0 unspecified atom stereocenters. The lowest BCUT2D eigenvalue weighted by molar-refractivity contribution is -0.170. The maximum absolute atomic E-state index is 6.50. The molecule has 1 aliphatic heterocycles. The number of rotatable bonds is 7. The highest BCUT2D eigenvalue weighted by Gasteiger charge is 2.45. The molecular weight excluding hydrogens is 410 g/mol. The van der Waals surface area contributed by atoms with Crippen LogP contribution in [0.4, 0.5) is 5.69 Å². The van der Waals surface area contributed by atoms with Gasteiger partial charge in [-0.3, -0.25) is 0 Å². The summed E-state index contributed by atoms with van der Waals surface area (Å²) in [6.45, 7) is 5.00. The molecule has 0 amide bonds. The topological polar surface area (TPSA) is 39.7 Å². The van der Waals surface area contributed by atoms with Crippen LogP contribution in [0, 0.1) is 0 Å². The molecule has 1 heterocycles. The van der Waals surface area contributed by atoms with Crippen LogP contribution in [-0.4, -0.2) is 18.8 Å². The van der Waals surface area contributed by atoms with Crippen molar-refractivity contribution < 1.29 is 14.2 Å². The summed E-state index contributed by atoms with van der Waals surface area (Å²) in [5.74, 6) is 0.824. The summed E-state index contributed by atoms with van der Waals surface area (Å²) in [6.07, 6.45) is -0.596. The maximum atomic E-state index is 6.50. The fourth-order valence-electron chi connectivity index (χ4n) is 3.93. The minimum atomic E-state index is -0.575. The number of fused-ring (bicyclic) bond motifs is 1. The molecule has 1 N–H and O–H groups in total. The SMILES string of the molecule is CNc1ccc2c(c1)[C@@H](OCc1ccccc1)[C@H](OCc1cccc(Cl)c1)C(C)(C)O2. The Morgan fingerprint density at radius 2 is 1.65 bits per heavy atom. The lowest BCUT2D eigenvalue weighted by Crippen LogP contribution is -2.50. The van der Waals surface area contributed by atoms with Gasteiger partial charge in [-0.05, 0) is 55.3 Å². The molecule has 4 rings (SSSR count). The maximum Gasteiger partial charge on any atom is 0.132 e. The van der Waals surface area contributed by atoms with Gasteiger partial charge in [0.05, 0.1) is 13.2 Å². The molecule has 0 radical (unpaired) electrons. The van der Waals surface area contributed by atoms with Gasteiger partial charge in [-0.25, -0.2) is 0 Å². The van der Waals surface area contributed by atoms with E-state index in [1.807, 2.05) is 75.5 Å². The zero-order valence-electron chi connectivity index (χ0n) is 18.1. The highest BCUT2D eigenvalue weighted by Crippen LogP contribution is 2.45. The number of nitrogens with one attached hydrogen (secondary N) is 1. The minimum absolute atomic E-state index is 0.286. The van der Waals surface area contributed by atoms with Gasteiger partial charge in [0.2, 0.25) is 0 Å². The van der Waals surface area contributed by atoms with Crippen LogP contribution < -0.4 is 10.1 Å². The fourth-order valence-corrected chi connectivity index (χ4v) is 4.14. The van der Waals surface area contributed by atoms with E-state index in [0.717, 1.165) is 28.1 Å². The van der Waals surface area contributed by atoms with E-state index in [0.29, 0.717) is 18.2 Å². The Kier molecular flexibility index (Phi) is 6.51. The molecule has 4 nitrogen and oxygen atoms in total. The molecule has 3 aromatic rings. The van der Waals surface area contributed by atoms with Gasteiger partial charge in [-0.2, -0.15) is 0 Å². The molecule has 0 saturated carbocycles. The Balaban J connectivity index is 1.64. The Morgan fingerprint density at radius 3 is 2.39 bits per heavy atom. The molecule has 0 aliphatic carbocycles. The van der Waals surface area contributed by atoms with Crippen LogP contribution in [0.1, 0.15) is 36.6 Å². The van der Waals surface area contributed by atoms with Crippen molar-refractivity contribution in [3.63, 3.8) is 0 Å². The van der Waals surface area contributed by atoms with Crippen LogP contribution in [0.15, 0.2) is 72.8 Å². The number of hydrogen-bond acceptors (Lipinski definition) is 4. The third kappa shape index (κ3) is 5.04. The molecule has 0 spiro atoms. The second-order valence-electron chi connectivity index (χ2n) is 8.29. The zero-order chi connectivity index (χ0) is 21.8. The van der Waals surface area contributed by atoms with Crippen molar-refractivity contribution in [3.05, 3.63) is 94.5 Å². The van der Waals surface area contributed by atoms with E-state index in [4.69, 9.17) is 25.8 Å². The van der Waals surface area contributed by atoms with E-state index in [2.05, 4.69) is 23.5 Å². The molecule has 0 saturated heterocycles. The number of anilines is 1. The van der Waals surface area contributed by atoms with E-state index in [-0.39, 0.29) is 12.2 Å². The number of ether oxygens (including phenoxy) is 3. The number of benzene rings is 3. The summed E-state index contributed by atoms with van der Waals surface area (Å²) in [4.78, 5) is 0. The van der Waals surface area contributed by atoms with Crippen LogP contribution in [0.3, 0.4) is 0 Å². The highest BCUT2D eigenvalue weighted by molar-refractivity contribution is 6.30. The quantitative estimate of drug-likeness (QED) is 0.464. The van der Waals surface area contributed by atoms with Gasteiger partial charge in [-0.15, -0.1) is 0 Å². The Labute approximate surface area is 189 Å². The minimum Gasteiger partial charge on any atom is -0.485 e. The van der Waals surface area contributed by atoms with E-state index in [1.165, 1.54) is 0 Å². The summed E-state index contributed by atoms with van der Waals surface area (Å²) < 4.78 is 19.3. The fraction of sp³-hybridized carbons (Fsp3) is 0.308. The summed E-state index contributed by atoms with van der Waals surface area (Å²) in [5.41, 5.74) is 3.54. The van der Waals surface area contributed by atoms with Gasteiger partial charge in [0, 0.05) is 23.3 Å². The normalized spacial score (nSPS) is 19.4. The molecular formula is C26H28ClNO3. The Hall–Kier alpha value is -2.53. The van der Waals surface area contributed by atoms with Crippen molar-refractivity contribution in [2.24, 2.45) is 0 Å². The first-order valence-electron chi connectivity index (χ1n) is 10.5. The van der Waals surface area contributed by atoms with Crippen molar-refractivity contribution in [3.8, 4) is 5.75 Å². The van der Waals surface area contributed by atoms with Crippen LogP contribution in [-0.2, 0) is 22.7 Å². The zero-order valence-corrected chi connectivity index (χ0v) is 18.9. The lowest BCUT2D eigenvalue weighted by atomic mass is 9.87. The van der Waals surface area contributed by atoms with E-state index >= 15 is 0 Å². The summed E-state index contributed by atoms with van der Waals surface area (Å²) >= 11 is 6.16. The molecule has 0 aromatic heterocycles. The predicted molar refractivity (Wildman–Crippen MR) is 125 cm³/mol. The standard InChI is InChI=1S/C26H28ClNO3/c1-26(2)25(30-17-19-10-7-11-20(27)14-19)24(29-16-18-8-5-4-6-9-18)22-15-21(28-3)12-13-23(22)31-26/h4-15,24-25,28H,16-17H2,1-3H3/t24-,25+/m1/s1. The third-order valence-corrected chi connectivity index (χ3v) is 5.76. The van der Waals surface area contributed by atoms with Gasteiger partial charge >= 0.3 is 0 Å². The van der Waals surface area contributed by atoms with Gasteiger partial charge < -0.3 is 19.5 Å². The van der Waals surface area contributed by atoms with Gasteiger partial charge in [0.25, 0.3) is 0 Å². The van der Waals surface area contributed by atoms with E-state index in [9.17, 15) is 0 Å². The molecule has 1 aliphatic rings. The molecule has 162 valence electrons. The largest absolute Gasteiger partial charge is 0.485 e. The van der Waals surface area contributed by atoms with Crippen molar-refractivity contribution in [2.45, 2.75) is 44.9 Å². The molecule has 31 heavy (non-hydrogen) atoms. The van der Waals surface area contributed by atoms with Crippen LogP contribution in [0.25, 0.3) is 0 Å². The molecule has 2 atom stereocenters. The van der Waals surface area contributed by atoms with Gasteiger partial charge in [0.1, 0.15) is 23.6 Å². The Morgan fingerprint density at radius 1 is 0.903 bits per heavy atom. The number of halogens is 1. The molecule has 5 heteroatoms. The predicted octanol–water partition coefficient (Wildman–Crippen LogP) is 6.40. The van der Waals surface area contributed by atoms with Gasteiger partial charge in [-0.1, -0.05) is 54.1 Å². The Bertz CT molecular complexity index is 1020. The first kappa shape index (κ1) is 21.7. The smallest absolute Gasteiger partial charge is 0.132 e.